The number of aromatic nitrogens is 2. The molecule has 0 aliphatic carbocycles. The Hall–Kier alpha value is -1.88. The Bertz CT molecular complexity index is 627. The maximum Gasteiger partial charge on any atom is 0.227 e. The van der Waals surface area contributed by atoms with Crippen molar-refractivity contribution >= 4 is 17.5 Å². The van der Waals surface area contributed by atoms with Crippen LogP contribution in [0, 0.1) is 0 Å². The van der Waals surface area contributed by atoms with Gasteiger partial charge in [0.1, 0.15) is 0 Å². The lowest BCUT2D eigenvalue weighted by Gasteiger charge is -2.11. The monoisotopic (exact) mass is 321 g/mol. The van der Waals surface area contributed by atoms with Gasteiger partial charge in [-0.2, -0.15) is 4.98 Å². The van der Waals surface area contributed by atoms with Crippen LogP contribution >= 0.6 is 11.6 Å². The van der Waals surface area contributed by atoms with Crippen molar-refractivity contribution < 1.29 is 9.32 Å². The van der Waals surface area contributed by atoms with Gasteiger partial charge >= 0.3 is 0 Å². The number of halogens is 1. The Morgan fingerprint density at radius 2 is 2.18 bits per heavy atom. The normalized spacial score (nSPS) is 12.1. The number of hydrogen-bond acceptors (Lipinski definition) is 4. The molecule has 0 bridgehead atoms. The molecule has 1 amide bonds. The van der Waals surface area contributed by atoms with Crippen LogP contribution in [0.5, 0.6) is 0 Å². The molecule has 1 unspecified atom stereocenters. The number of amides is 1. The second-order valence-corrected chi connectivity index (χ2v) is 5.66. The number of aryl methyl sites for hydroxylation is 1. The lowest BCUT2D eigenvalue weighted by molar-refractivity contribution is -0.121. The molecule has 1 atom stereocenters. The third kappa shape index (κ3) is 4.56. The summed E-state index contributed by atoms with van der Waals surface area (Å²) >= 11 is 6.10. The van der Waals surface area contributed by atoms with Crippen LogP contribution in [-0.2, 0) is 11.2 Å². The zero-order valence-electron chi connectivity index (χ0n) is 12.8. The molecule has 0 saturated heterocycles. The van der Waals surface area contributed by atoms with Gasteiger partial charge in [-0.25, -0.2) is 0 Å². The van der Waals surface area contributed by atoms with Crippen molar-refractivity contribution in [3.05, 3.63) is 35.2 Å². The third-order valence-electron chi connectivity index (χ3n) is 3.28. The van der Waals surface area contributed by atoms with E-state index in [1.165, 1.54) is 0 Å². The van der Waals surface area contributed by atoms with E-state index in [2.05, 4.69) is 22.4 Å². The summed E-state index contributed by atoms with van der Waals surface area (Å²) in [6.07, 6.45) is 2.77. The number of hydrogen-bond donors (Lipinski definition) is 1. The van der Waals surface area contributed by atoms with Crippen LogP contribution in [0.15, 0.2) is 28.8 Å². The highest BCUT2D eigenvalue weighted by molar-refractivity contribution is 6.33. The molecule has 1 heterocycles. The summed E-state index contributed by atoms with van der Waals surface area (Å²) in [6.45, 7) is 4.10. The largest absolute Gasteiger partial charge is 0.354 e. The van der Waals surface area contributed by atoms with Gasteiger partial charge in [0.25, 0.3) is 0 Å². The maximum atomic E-state index is 11.8. The number of carbonyl (C=O) groups excluding carboxylic acids is 1. The van der Waals surface area contributed by atoms with Gasteiger partial charge in [0, 0.05) is 24.4 Å². The van der Waals surface area contributed by atoms with Gasteiger partial charge in [-0.3, -0.25) is 4.79 Å². The maximum absolute atomic E-state index is 11.8. The van der Waals surface area contributed by atoms with E-state index in [0.717, 1.165) is 18.4 Å². The summed E-state index contributed by atoms with van der Waals surface area (Å²) in [6, 6.07) is 7.50. The van der Waals surface area contributed by atoms with E-state index in [9.17, 15) is 4.79 Å². The van der Waals surface area contributed by atoms with Gasteiger partial charge in [0.05, 0.1) is 5.02 Å². The Morgan fingerprint density at radius 3 is 2.91 bits per heavy atom. The van der Waals surface area contributed by atoms with Crippen LogP contribution in [-0.4, -0.2) is 22.1 Å². The number of carbonyl (C=O) groups is 1. The average Bonchev–Trinajstić information content (AvgIpc) is 2.94. The van der Waals surface area contributed by atoms with Crippen molar-refractivity contribution in [1.29, 1.82) is 0 Å². The highest BCUT2D eigenvalue weighted by Crippen LogP contribution is 2.24. The van der Waals surface area contributed by atoms with Crippen molar-refractivity contribution in [1.82, 2.24) is 15.5 Å². The number of nitrogens with one attached hydrogen (secondary N) is 1. The summed E-state index contributed by atoms with van der Waals surface area (Å²) in [5.41, 5.74) is 0.722. The molecule has 1 aromatic heterocycles. The minimum Gasteiger partial charge on any atom is -0.354 e. The third-order valence-corrected chi connectivity index (χ3v) is 3.61. The molecule has 118 valence electrons. The highest BCUT2D eigenvalue weighted by Gasteiger charge is 2.13. The molecule has 0 aliphatic rings. The van der Waals surface area contributed by atoms with Crippen molar-refractivity contribution in [2.45, 2.75) is 45.6 Å². The molecule has 2 aromatic rings. The molecule has 0 spiro atoms. The summed E-state index contributed by atoms with van der Waals surface area (Å²) < 4.78 is 5.18. The standard InChI is InChI=1S/C16H20ClN3O2/c1-3-6-11(2)18-14(21)9-10-15-19-16(20-22-15)12-7-4-5-8-13(12)17/h4-5,7-8,11H,3,6,9-10H2,1-2H3,(H,18,21). The molecule has 2 rings (SSSR count). The summed E-state index contributed by atoms with van der Waals surface area (Å²) in [4.78, 5) is 16.1. The molecule has 0 radical (unpaired) electrons. The fraction of sp³-hybridized carbons (Fsp3) is 0.438. The first-order chi connectivity index (χ1) is 10.6. The summed E-state index contributed by atoms with van der Waals surface area (Å²) in [7, 11) is 0. The first kappa shape index (κ1) is 16.5. The minimum absolute atomic E-state index is 0.00144. The second kappa shape index (κ2) is 7.94. The van der Waals surface area contributed by atoms with E-state index in [-0.39, 0.29) is 11.9 Å². The van der Waals surface area contributed by atoms with Crippen molar-refractivity contribution in [2.75, 3.05) is 0 Å². The van der Waals surface area contributed by atoms with E-state index in [0.29, 0.717) is 29.6 Å². The molecule has 5 nitrogen and oxygen atoms in total. The predicted octanol–water partition coefficient (Wildman–Crippen LogP) is 3.63. The summed E-state index contributed by atoms with van der Waals surface area (Å²) in [5.74, 6) is 0.881. The van der Waals surface area contributed by atoms with Gasteiger partial charge in [0.2, 0.25) is 17.6 Å². The van der Waals surface area contributed by atoms with Crippen LogP contribution in [0.3, 0.4) is 0 Å². The van der Waals surface area contributed by atoms with E-state index < -0.39 is 0 Å². The minimum atomic E-state index is -0.00144. The van der Waals surface area contributed by atoms with Crippen molar-refractivity contribution in [3.8, 4) is 11.4 Å². The summed E-state index contributed by atoms with van der Waals surface area (Å²) in [5, 5.41) is 7.43. The molecule has 0 fully saturated rings. The van der Waals surface area contributed by atoms with Crippen LogP contribution in [0.25, 0.3) is 11.4 Å². The highest BCUT2D eigenvalue weighted by atomic mass is 35.5. The first-order valence-electron chi connectivity index (χ1n) is 7.47. The number of rotatable bonds is 7. The topological polar surface area (TPSA) is 68.0 Å². The lowest BCUT2D eigenvalue weighted by Crippen LogP contribution is -2.32. The average molecular weight is 322 g/mol. The van der Waals surface area contributed by atoms with E-state index in [1.54, 1.807) is 6.07 Å². The van der Waals surface area contributed by atoms with Gasteiger partial charge in [-0.1, -0.05) is 42.2 Å². The smallest absolute Gasteiger partial charge is 0.227 e. The fourth-order valence-corrected chi connectivity index (χ4v) is 2.40. The fourth-order valence-electron chi connectivity index (χ4n) is 2.18. The SMILES string of the molecule is CCCC(C)NC(=O)CCc1nc(-c2ccccc2Cl)no1. The number of nitrogens with zero attached hydrogens (tertiary/aromatic N) is 2. The predicted molar refractivity (Wildman–Crippen MR) is 85.6 cm³/mol. The molecule has 1 aromatic carbocycles. The van der Waals surface area contributed by atoms with Crippen LogP contribution in [0.4, 0.5) is 0 Å². The Labute approximate surface area is 135 Å². The van der Waals surface area contributed by atoms with Gasteiger partial charge in [-0.05, 0) is 25.5 Å². The van der Waals surface area contributed by atoms with Crippen LogP contribution in [0.2, 0.25) is 5.02 Å². The van der Waals surface area contributed by atoms with E-state index in [1.807, 2.05) is 25.1 Å². The Kier molecular flexibility index (Phi) is 5.95. The molecule has 6 heteroatoms. The zero-order chi connectivity index (χ0) is 15.9. The zero-order valence-corrected chi connectivity index (χ0v) is 13.6. The van der Waals surface area contributed by atoms with Crippen LogP contribution < -0.4 is 5.32 Å². The number of benzene rings is 1. The van der Waals surface area contributed by atoms with E-state index >= 15 is 0 Å². The first-order valence-corrected chi connectivity index (χ1v) is 7.84. The molecular formula is C16H20ClN3O2. The Balaban J connectivity index is 1.90. The second-order valence-electron chi connectivity index (χ2n) is 5.25. The van der Waals surface area contributed by atoms with Crippen LogP contribution in [0.1, 0.15) is 39.0 Å². The molecular weight excluding hydrogens is 302 g/mol. The Morgan fingerprint density at radius 1 is 1.41 bits per heavy atom. The molecule has 0 saturated carbocycles. The molecule has 22 heavy (non-hydrogen) atoms. The van der Waals surface area contributed by atoms with E-state index in [4.69, 9.17) is 16.1 Å². The molecule has 1 N–H and O–H groups in total. The van der Waals surface area contributed by atoms with Crippen molar-refractivity contribution in [3.63, 3.8) is 0 Å². The quantitative estimate of drug-likeness (QED) is 0.845. The van der Waals surface area contributed by atoms with Gasteiger partial charge in [-0.15, -0.1) is 0 Å². The van der Waals surface area contributed by atoms with Gasteiger partial charge in [0.15, 0.2) is 0 Å². The molecule has 0 aliphatic heterocycles. The van der Waals surface area contributed by atoms with Crippen molar-refractivity contribution in [2.24, 2.45) is 0 Å². The van der Waals surface area contributed by atoms with Gasteiger partial charge < -0.3 is 9.84 Å². The lowest BCUT2D eigenvalue weighted by atomic mass is 10.2.